The van der Waals surface area contributed by atoms with Gasteiger partial charge in [-0.05, 0) is 6.07 Å². The third-order valence-electron chi connectivity index (χ3n) is 2.13. The Morgan fingerprint density at radius 2 is 2.33 bits per heavy atom. The van der Waals surface area contributed by atoms with Crippen LogP contribution in [0.1, 0.15) is 6.42 Å². The number of hydrogen-bond acceptors (Lipinski definition) is 3. The Kier molecular flexibility index (Phi) is 2.98. The molecule has 80 valence electrons. The van der Waals surface area contributed by atoms with Crippen molar-refractivity contribution in [2.24, 2.45) is 0 Å². The fourth-order valence-corrected chi connectivity index (χ4v) is 1.86. The zero-order chi connectivity index (χ0) is 10.8. The van der Waals surface area contributed by atoms with E-state index in [0.29, 0.717) is 28.8 Å². The Balaban J connectivity index is 2.07. The molecule has 4 nitrogen and oxygen atoms in total. The van der Waals surface area contributed by atoms with Gasteiger partial charge in [0.25, 0.3) is 0 Å². The van der Waals surface area contributed by atoms with Gasteiger partial charge in [0.1, 0.15) is 5.82 Å². The van der Waals surface area contributed by atoms with E-state index in [0.717, 1.165) is 0 Å². The zero-order valence-corrected chi connectivity index (χ0v) is 9.27. The van der Waals surface area contributed by atoms with Crippen LogP contribution in [0.15, 0.2) is 12.3 Å². The minimum atomic E-state index is 0.0394. The Morgan fingerprint density at radius 1 is 1.53 bits per heavy atom. The second-order valence-corrected chi connectivity index (χ2v) is 4.18. The van der Waals surface area contributed by atoms with Crippen molar-refractivity contribution in [3.05, 3.63) is 22.3 Å². The van der Waals surface area contributed by atoms with E-state index in [1.807, 2.05) is 0 Å². The molecule has 1 fully saturated rings. The number of carbonyl (C=O) groups is 1. The van der Waals surface area contributed by atoms with Gasteiger partial charge >= 0.3 is 0 Å². The van der Waals surface area contributed by atoms with Crippen LogP contribution in [0.5, 0.6) is 0 Å². The lowest BCUT2D eigenvalue weighted by Crippen LogP contribution is -2.23. The van der Waals surface area contributed by atoms with Crippen molar-refractivity contribution in [2.45, 2.75) is 12.5 Å². The number of rotatable bonds is 2. The molecule has 0 bridgehead atoms. The number of pyridine rings is 1. The fourth-order valence-electron chi connectivity index (χ4n) is 1.42. The molecule has 2 rings (SSSR count). The topological polar surface area (TPSA) is 54.0 Å². The average molecular weight is 246 g/mol. The summed E-state index contributed by atoms with van der Waals surface area (Å²) in [5.41, 5.74) is 0. The summed E-state index contributed by atoms with van der Waals surface area (Å²) < 4.78 is 0. The van der Waals surface area contributed by atoms with Gasteiger partial charge in [0.15, 0.2) is 0 Å². The number of nitrogens with zero attached hydrogens (tertiary/aromatic N) is 1. The van der Waals surface area contributed by atoms with Crippen LogP contribution in [0, 0.1) is 0 Å². The molecule has 6 heteroatoms. The molecule has 15 heavy (non-hydrogen) atoms. The summed E-state index contributed by atoms with van der Waals surface area (Å²) in [4.78, 5) is 15.0. The largest absolute Gasteiger partial charge is 0.364 e. The summed E-state index contributed by atoms with van der Waals surface area (Å²) in [5.74, 6) is 0.597. The Morgan fingerprint density at radius 3 is 2.93 bits per heavy atom. The van der Waals surface area contributed by atoms with Crippen LogP contribution in [0.25, 0.3) is 0 Å². The molecule has 1 unspecified atom stereocenters. The van der Waals surface area contributed by atoms with E-state index in [1.54, 1.807) is 6.07 Å². The van der Waals surface area contributed by atoms with Gasteiger partial charge in [0.2, 0.25) is 5.91 Å². The molecule has 1 aromatic rings. The first-order valence-corrected chi connectivity index (χ1v) is 5.25. The highest BCUT2D eigenvalue weighted by Gasteiger charge is 2.22. The van der Waals surface area contributed by atoms with E-state index in [9.17, 15) is 4.79 Å². The maximum Gasteiger partial charge on any atom is 0.222 e. The monoisotopic (exact) mass is 245 g/mol. The molecule has 0 saturated carbocycles. The summed E-state index contributed by atoms with van der Waals surface area (Å²) in [5, 5.41) is 6.76. The first-order valence-electron chi connectivity index (χ1n) is 4.49. The van der Waals surface area contributed by atoms with Gasteiger partial charge in [-0.2, -0.15) is 0 Å². The van der Waals surface area contributed by atoms with Gasteiger partial charge in [-0.15, -0.1) is 0 Å². The maximum absolute atomic E-state index is 11.0. The lowest BCUT2D eigenvalue weighted by atomic mass is 10.2. The lowest BCUT2D eigenvalue weighted by molar-refractivity contribution is -0.119. The molecule has 1 aliphatic rings. The van der Waals surface area contributed by atoms with Gasteiger partial charge in [0, 0.05) is 19.2 Å². The number of carbonyl (C=O) groups excluding carboxylic acids is 1. The van der Waals surface area contributed by atoms with E-state index in [-0.39, 0.29) is 11.9 Å². The average Bonchev–Trinajstić information content (AvgIpc) is 2.56. The van der Waals surface area contributed by atoms with Crippen LogP contribution in [0.4, 0.5) is 5.82 Å². The van der Waals surface area contributed by atoms with E-state index < -0.39 is 0 Å². The molecule has 0 aromatic carbocycles. The van der Waals surface area contributed by atoms with Crippen LogP contribution >= 0.6 is 23.2 Å². The Labute approximate surface area is 97.0 Å². The van der Waals surface area contributed by atoms with Crippen molar-refractivity contribution in [3.63, 3.8) is 0 Å². The maximum atomic E-state index is 11.0. The van der Waals surface area contributed by atoms with Crippen LogP contribution in [0.2, 0.25) is 10.0 Å². The molecule has 1 amide bonds. The van der Waals surface area contributed by atoms with Gasteiger partial charge in [-0.3, -0.25) is 4.79 Å². The summed E-state index contributed by atoms with van der Waals surface area (Å²) in [6.45, 7) is 0.597. The number of nitrogens with one attached hydrogen (secondary N) is 2. The summed E-state index contributed by atoms with van der Waals surface area (Å²) in [6, 6.07) is 1.66. The third-order valence-corrected chi connectivity index (χ3v) is 2.62. The van der Waals surface area contributed by atoms with Crippen molar-refractivity contribution < 1.29 is 4.79 Å². The molecule has 2 heterocycles. The van der Waals surface area contributed by atoms with Crippen molar-refractivity contribution in [1.82, 2.24) is 10.3 Å². The van der Waals surface area contributed by atoms with Crippen LogP contribution < -0.4 is 10.6 Å². The van der Waals surface area contributed by atoms with Crippen molar-refractivity contribution >= 4 is 34.9 Å². The van der Waals surface area contributed by atoms with Gasteiger partial charge in [-0.25, -0.2) is 4.98 Å². The summed E-state index contributed by atoms with van der Waals surface area (Å²) >= 11 is 11.6. The standard InChI is InChI=1S/C9H9Cl2N3O/c10-5-1-7(11)9(13-3-5)14-6-2-8(15)12-4-6/h1,3,6H,2,4H2,(H,12,15)(H,13,14). The third kappa shape index (κ3) is 2.52. The number of hydrogen-bond donors (Lipinski definition) is 2. The van der Waals surface area contributed by atoms with Crippen LogP contribution in [-0.4, -0.2) is 23.5 Å². The highest BCUT2D eigenvalue weighted by molar-refractivity contribution is 6.35. The molecular weight excluding hydrogens is 237 g/mol. The Hall–Kier alpha value is -1.00. The highest BCUT2D eigenvalue weighted by Crippen LogP contribution is 2.23. The van der Waals surface area contributed by atoms with Crippen molar-refractivity contribution in [3.8, 4) is 0 Å². The molecule has 1 atom stereocenters. The summed E-state index contributed by atoms with van der Waals surface area (Å²) in [7, 11) is 0. The van der Waals surface area contributed by atoms with E-state index >= 15 is 0 Å². The highest BCUT2D eigenvalue weighted by atomic mass is 35.5. The zero-order valence-electron chi connectivity index (χ0n) is 7.76. The second-order valence-electron chi connectivity index (χ2n) is 3.33. The lowest BCUT2D eigenvalue weighted by Gasteiger charge is -2.12. The first kappa shape index (κ1) is 10.5. The molecule has 1 aliphatic heterocycles. The molecule has 2 N–H and O–H groups in total. The van der Waals surface area contributed by atoms with Crippen LogP contribution in [0.3, 0.4) is 0 Å². The summed E-state index contributed by atoms with van der Waals surface area (Å²) in [6.07, 6.45) is 1.96. The number of halogens is 2. The minimum Gasteiger partial charge on any atom is -0.364 e. The molecule has 0 aliphatic carbocycles. The normalized spacial score (nSPS) is 20.1. The fraction of sp³-hybridized carbons (Fsp3) is 0.333. The second kappa shape index (κ2) is 4.24. The SMILES string of the molecule is O=C1CC(Nc2ncc(Cl)cc2Cl)CN1. The van der Waals surface area contributed by atoms with Crippen LogP contribution in [-0.2, 0) is 4.79 Å². The first-order chi connectivity index (χ1) is 7.15. The van der Waals surface area contributed by atoms with Gasteiger partial charge < -0.3 is 10.6 Å². The smallest absolute Gasteiger partial charge is 0.222 e. The van der Waals surface area contributed by atoms with Crippen molar-refractivity contribution in [1.29, 1.82) is 0 Å². The number of anilines is 1. The molecule has 1 aromatic heterocycles. The van der Waals surface area contributed by atoms with Gasteiger partial charge in [0.05, 0.1) is 16.1 Å². The van der Waals surface area contributed by atoms with Gasteiger partial charge in [-0.1, -0.05) is 23.2 Å². The quantitative estimate of drug-likeness (QED) is 0.834. The van der Waals surface area contributed by atoms with Crippen molar-refractivity contribution in [2.75, 3.05) is 11.9 Å². The molecular formula is C9H9Cl2N3O. The molecule has 0 radical (unpaired) electrons. The number of amides is 1. The minimum absolute atomic E-state index is 0.0394. The predicted molar refractivity (Wildman–Crippen MR) is 59.3 cm³/mol. The van der Waals surface area contributed by atoms with E-state index in [4.69, 9.17) is 23.2 Å². The molecule has 1 saturated heterocycles. The molecule has 0 spiro atoms. The Bertz CT molecular complexity index is 397. The van der Waals surface area contributed by atoms with E-state index in [2.05, 4.69) is 15.6 Å². The van der Waals surface area contributed by atoms with E-state index in [1.165, 1.54) is 6.20 Å². The number of aromatic nitrogens is 1. The predicted octanol–water partition coefficient (Wildman–Crippen LogP) is 1.69.